The monoisotopic (exact) mass is 379 g/mol. The number of hydrazone groups is 1. The molecule has 1 atom stereocenters. The summed E-state index contributed by atoms with van der Waals surface area (Å²) in [6, 6.07) is 15.9. The number of allylic oxidation sites excluding steroid dienone is 1. The van der Waals surface area contributed by atoms with E-state index in [-0.39, 0.29) is 18.3 Å². The molecule has 7 heteroatoms. The molecule has 0 fully saturated rings. The molecule has 2 aromatic rings. The topological polar surface area (TPSA) is 85.0 Å². The van der Waals surface area contributed by atoms with E-state index >= 15 is 0 Å². The minimum atomic E-state index is -0.468. The summed E-state index contributed by atoms with van der Waals surface area (Å²) in [5, 5.41) is 17.9. The van der Waals surface area contributed by atoms with E-state index in [0.717, 1.165) is 11.3 Å². The van der Waals surface area contributed by atoms with Crippen molar-refractivity contribution in [3.63, 3.8) is 0 Å². The molecule has 144 valence electrons. The quantitative estimate of drug-likeness (QED) is 0.325. The van der Waals surface area contributed by atoms with Crippen molar-refractivity contribution in [2.75, 3.05) is 6.61 Å². The van der Waals surface area contributed by atoms with Gasteiger partial charge in [-0.3, -0.25) is 15.1 Å². The number of rotatable bonds is 6. The van der Waals surface area contributed by atoms with E-state index in [9.17, 15) is 14.9 Å². The fourth-order valence-electron chi connectivity index (χ4n) is 3.24. The molecule has 0 amide bonds. The van der Waals surface area contributed by atoms with E-state index < -0.39 is 10.9 Å². The number of hydrogen-bond acceptors (Lipinski definition) is 6. The average Bonchev–Trinajstić information content (AvgIpc) is 3.14. The van der Waals surface area contributed by atoms with Crippen molar-refractivity contribution in [2.24, 2.45) is 5.10 Å². The fraction of sp³-hybridized carbons (Fsp3) is 0.238. The molecule has 0 spiro atoms. The summed E-state index contributed by atoms with van der Waals surface area (Å²) in [5.41, 5.74) is 2.90. The van der Waals surface area contributed by atoms with Gasteiger partial charge in [-0.1, -0.05) is 42.5 Å². The molecule has 7 nitrogen and oxygen atoms in total. The predicted octanol–water partition coefficient (Wildman–Crippen LogP) is 4.21. The zero-order valence-corrected chi connectivity index (χ0v) is 15.7. The van der Waals surface area contributed by atoms with Gasteiger partial charge in [-0.2, -0.15) is 5.10 Å². The fourth-order valence-corrected chi connectivity index (χ4v) is 3.24. The normalized spacial score (nSPS) is 16.6. The van der Waals surface area contributed by atoms with Crippen molar-refractivity contribution in [3.8, 4) is 0 Å². The highest BCUT2D eigenvalue weighted by Crippen LogP contribution is 2.39. The second kappa shape index (κ2) is 8.47. The molecule has 0 radical (unpaired) electrons. The van der Waals surface area contributed by atoms with Crippen molar-refractivity contribution < 1.29 is 14.5 Å². The third-order valence-corrected chi connectivity index (χ3v) is 4.48. The highest BCUT2D eigenvalue weighted by Gasteiger charge is 2.34. The highest BCUT2D eigenvalue weighted by molar-refractivity contribution is 6.02. The third kappa shape index (κ3) is 4.09. The summed E-state index contributed by atoms with van der Waals surface area (Å²) in [6.07, 6.45) is 1.85. The van der Waals surface area contributed by atoms with Gasteiger partial charge in [0.2, 0.25) is 0 Å². The first kappa shape index (κ1) is 19.3. The Hall–Kier alpha value is -3.48. The van der Waals surface area contributed by atoms with E-state index in [1.54, 1.807) is 37.1 Å². The maximum absolute atomic E-state index is 11.9. The first-order valence-electron chi connectivity index (χ1n) is 9.01. The van der Waals surface area contributed by atoms with Crippen molar-refractivity contribution in [3.05, 3.63) is 87.6 Å². The molecule has 0 saturated heterocycles. The van der Waals surface area contributed by atoms with Gasteiger partial charge in [0.15, 0.2) is 0 Å². The number of hydrogen-bond donors (Lipinski definition) is 0. The summed E-state index contributed by atoms with van der Waals surface area (Å²) in [4.78, 5) is 23.0. The highest BCUT2D eigenvalue weighted by atomic mass is 16.6. The Morgan fingerprint density at radius 1 is 1.25 bits per heavy atom. The van der Waals surface area contributed by atoms with Gasteiger partial charge in [0, 0.05) is 24.3 Å². The van der Waals surface area contributed by atoms with Crippen molar-refractivity contribution in [1.29, 1.82) is 0 Å². The number of nitrogens with zero attached hydrogens (tertiary/aromatic N) is 3. The number of carbonyl (C=O) groups excluding carboxylic acids is 1. The van der Waals surface area contributed by atoms with E-state index in [0.29, 0.717) is 17.7 Å². The van der Waals surface area contributed by atoms with Crippen LogP contribution in [0.3, 0.4) is 0 Å². The third-order valence-electron chi connectivity index (χ3n) is 4.48. The van der Waals surface area contributed by atoms with Crippen LogP contribution in [0.25, 0.3) is 0 Å². The molecular weight excluding hydrogens is 358 g/mol. The molecule has 1 heterocycles. The Kier molecular flexibility index (Phi) is 5.84. The number of benzene rings is 2. The van der Waals surface area contributed by atoms with Crippen LogP contribution in [0.15, 0.2) is 71.5 Å². The van der Waals surface area contributed by atoms with E-state index in [1.807, 2.05) is 30.3 Å². The maximum atomic E-state index is 11.9. The van der Waals surface area contributed by atoms with Crippen molar-refractivity contribution in [2.45, 2.75) is 26.3 Å². The summed E-state index contributed by atoms with van der Waals surface area (Å²) in [5.74, 6) is -0.468. The van der Waals surface area contributed by atoms with E-state index in [2.05, 4.69) is 5.10 Å². The summed E-state index contributed by atoms with van der Waals surface area (Å²) in [7, 11) is 0. The number of ether oxygens (including phenoxy) is 1. The summed E-state index contributed by atoms with van der Waals surface area (Å²) in [6.45, 7) is 3.75. The van der Waals surface area contributed by atoms with Crippen LogP contribution in [-0.4, -0.2) is 28.2 Å². The van der Waals surface area contributed by atoms with Crippen LogP contribution >= 0.6 is 0 Å². The Bertz CT molecular complexity index is 938. The second-order valence-electron chi connectivity index (χ2n) is 6.33. The summed E-state index contributed by atoms with van der Waals surface area (Å²) < 4.78 is 4.99. The zero-order chi connectivity index (χ0) is 20.1. The number of para-hydroxylation sites is 1. The number of nitro groups is 1. The molecule has 1 aliphatic heterocycles. The smallest absolute Gasteiger partial charge is 0.332 e. The van der Waals surface area contributed by atoms with Crippen LogP contribution in [-0.2, 0) is 9.53 Å². The van der Waals surface area contributed by atoms with E-state index in [1.165, 1.54) is 12.1 Å². The van der Waals surface area contributed by atoms with Gasteiger partial charge in [0.1, 0.15) is 0 Å². The van der Waals surface area contributed by atoms with Crippen molar-refractivity contribution >= 4 is 17.4 Å². The van der Waals surface area contributed by atoms with Gasteiger partial charge in [0.05, 0.1) is 28.8 Å². The van der Waals surface area contributed by atoms with Crippen LogP contribution in [0.2, 0.25) is 0 Å². The number of nitro benzene ring substituents is 1. The Morgan fingerprint density at radius 3 is 2.61 bits per heavy atom. The molecular formula is C21H21N3O4. The van der Waals surface area contributed by atoms with Gasteiger partial charge in [-0.25, -0.2) is 4.79 Å². The number of carbonyl (C=O) groups is 1. The molecule has 0 aliphatic carbocycles. The second-order valence-corrected chi connectivity index (χ2v) is 6.33. The van der Waals surface area contributed by atoms with Gasteiger partial charge in [-0.15, -0.1) is 0 Å². The Morgan fingerprint density at radius 2 is 1.93 bits per heavy atom. The molecule has 0 saturated carbocycles. The molecule has 3 rings (SSSR count). The molecule has 28 heavy (non-hydrogen) atoms. The van der Waals surface area contributed by atoms with Gasteiger partial charge >= 0.3 is 5.97 Å². The lowest BCUT2D eigenvalue weighted by Crippen LogP contribution is -2.19. The Labute approximate surface area is 163 Å². The lowest BCUT2D eigenvalue weighted by molar-refractivity contribution is -0.385. The zero-order valence-electron chi connectivity index (χ0n) is 15.7. The van der Waals surface area contributed by atoms with Crippen LogP contribution in [0.5, 0.6) is 0 Å². The molecule has 0 aromatic heterocycles. The largest absolute Gasteiger partial charge is 0.463 e. The maximum Gasteiger partial charge on any atom is 0.332 e. The summed E-state index contributed by atoms with van der Waals surface area (Å²) >= 11 is 0. The minimum absolute atomic E-state index is 0.0333. The molecule has 0 N–H and O–H groups in total. The van der Waals surface area contributed by atoms with Crippen LogP contribution < -0.4 is 0 Å². The lowest BCUT2D eigenvalue weighted by Gasteiger charge is -2.24. The predicted molar refractivity (Wildman–Crippen MR) is 106 cm³/mol. The Balaban J connectivity index is 2.03. The van der Waals surface area contributed by atoms with Gasteiger partial charge in [-0.05, 0) is 25.5 Å². The minimum Gasteiger partial charge on any atom is -0.463 e. The average molecular weight is 379 g/mol. The first-order chi connectivity index (χ1) is 13.5. The van der Waals surface area contributed by atoms with Gasteiger partial charge < -0.3 is 4.74 Å². The molecule has 0 bridgehead atoms. The lowest BCUT2D eigenvalue weighted by atomic mass is 9.97. The van der Waals surface area contributed by atoms with E-state index in [4.69, 9.17) is 4.74 Å². The van der Waals surface area contributed by atoms with Crippen LogP contribution in [0.1, 0.15) is 37.4 Å². The standard InChI is InChI=1S/C21H21N3O4/c1-3-28-21(25)13-15(2)23-20(17-11-7-8-12-19(17)24(26)27)14-18(22-23)16-9-5-4-6-10-16/h4-13,20H,3,14H2,1-2H3/b15-13+/t20-/m1/s1. The van der Waals surface area contributed by atoms with Crippen LogP contribution in [0.4, 0.5) is 5.69 Å². The van der Waals surface area contributed by atoms with Crippen molar-refractivity contribution in [1.82, 2.24) is 5.01 Å². The molecule has 1 aliphatic rings. The SMILES string of the molecule is CCOC(=O)/C=C(\C)N1N=C(c2ccccc2)C[C@@H]1c1ccccc1[N+](=O)[O-]. The van der Waals surface area contributed by atoms with Gasteiger partial charge in [0.25, 0.3) is 5.69 Å². The molecule has 0 unspecified atom stereocenters. The molecule has 2 aromatic carbocycles. The first-order valence-corrected chi connectivity index (χ1v) is 9.01. The number of esters is 1. The van der Waals surface area contributed by atoms with Crippen LogP contribution in [0, 0.1) is 10.1 Å².